The first-order chi connectivity index (χ1) is 15.4. The lowest BCUT2D eigenvalue weighted by atomic mass is 9.92. The molecule has 2 aliphatic heterocycles. The van der Waals surface area contributed by atoms with Crippen LogP contribution in [0.5, 0.6) is 0 Å². The number of anilines is 1. The number of hydrogen-bond acceptors (Lipinski definition) is 5. The van der Waals surface area contributed by atoms with E-state index in [-0.39, 0.29) is 11.9 Å². The summed E-state index contributed by atoms with van der Waals surface area (Å²) in [6.07, 6.45) is 9.08. The molecule has 0 saturated carbocycles. The second kappa shape index (κ2) is 10.0. The summed E-state index contributed by atoms with van der Waals surface area (Å²) in [5, 5.41) is 6.29. The van der Waals surface area contributed by atoms with Crippen LogP contribution in [0.3, 0.4) is 0 Å². The van der Waals surface area contributed by atoms with Crippen molar-refractivity contribution in [2.75, 3.05) is 25.0 Å². The van der Waals surface area contributed by atoms with Gasteiger partial charge in [0.15, 0.2) is 0 Å². The minimum absolute atomic E-state index is 0.0379. The average Bonchev–Trinajstić information content (AvgIpc) is 3.24. The van der Waals surface area contributed by atoms with Crippen LogP contribution < -0.4 is 10.6 Å². The maximum Gasteiger partial charge on any atom is 0.243 e. The van der Waals surface area contributed by atoms with Gasteiger partial charge in [0, 0.05) is 44.1 Å². The Balaban J connectivity index is 1.13. The van der Waals surface area contributed by atoms with Crippen molar-refractivity contribution >= 4 is 21.6 Å². The molecular formula is C24H32N4O3S. The van der Waals surface area contributed by atoms with Crippen molar-refractivity contribution < 1.29 is 13.2 Å². The summed E-state index contributed by atoms with van der Waals surface area (Å²) in [7, 11) is -3.41. The molecule has 0 aliphatic carbocycles. The molecule has 1 saturated heterocycles. The van der Waals surface area contributed by atoms with E-state index in [0.29, 0.717) is 36.9 Å². The van der Waals surface area contributed by atoms with E-state index in [1.54, 1.807) is 22.6 Å². The summed E-state index contributed by atoms with van der Waals surface area (Å²) in [5.74, 6) is 0.587. The number of aryl methyl sites for hydroxylation is 1. The van der Waals surface area contributed by atoms with E-state index >= 15 is 0 Å². The number of aromatic nitrogens is 1. The van der Waals surface area contributed by atoms with E-state index < -0.39 is 10.0 Å². The number of carbonyl (C=O) groups excluding carboxylic acids is 1. The van der Waals surface area contributed by atoms with E-state index in [1.807, 2.05) is 31.3 Å². The van der Waals surface area contributed by atoms with E-state index in [1.165, 1.54) is 0 Å². The van der Waals surface area contributed by atoms with Crippen LogP contribution in [-0.4, -0.2) is 49.3 Å². The molecule has 0 bridgehead atoms. The third-order valence-electron chi connectivity index (χ3n) is 6.60. The number of rotatable bonds is 8. The molecule has 32 heavy (non-hydrogen) atoms. The van der Waals surface area contributed by atoms with Gasteiger partial charge in [0.1, 0.15) is 6.04 Å². The maximum absolute atomic E-state index is 12.9. The molecule has 172 valence electrons. The smallest absolute Gasteiger partial charge is 0.243 e. The van der Waals surface area contributed by atoms with Gasteiger partial charge in [-0.2, -0.15) is 4.31 Å². The largest absolute Gasteiger partial charge is 0.373 e. The molecule has 7 nitrogen and oxygen atoms in total. The highest BCUT2D eigenvalue weighted by Gasteiger charge is 2.30. The van der Waals surface area contributed by atoms with Crippen molar-refractivity contribution in [3.8, 4) is 0 Å². The lowest BCUT2D eigenvalue weighted by molar-refractivity contribution is -0.121. The highest BCUT2D eigenvalue weighted by molar-refractivity contribution is 7.89. The topological polar surface area (TPSA) is 91.4 Å². The standard InChI is InChI=1S/C24H32N4O3S/c1-18-6-2-3-8-23(18)32(30,31)28-14-10-19(11-15-28)7-4-5-12-26-24(29)22-16-20-17-25-13-9-21(20)27-22/h2-3,6,8-9,13,17,19,22,27H,4-5,7,10-12,14-16H2,1H3,(H,26,29). The number of nitrogens with zero attached hydrogens (tertiary/aromatic N) is 2. The van der Waals surface area contributed by atoms with Gasteiger partial charge < -0.3 is 10.6 Å². The van der Waals surface area contributed by atoms with Gasteiger partial charge in [-0.1, -0.05) is 31.0 Å². The van der Waals surface area contributed by atoms with Gasteiger partial charge in [0.2, 0.25) is 15.9 Å². The first-order valence-electron chi connectivity index (χ1n) is 11.5. The van der Waals surface area contributed by atoms with Crippen LogP contribution in [0.15, 0.2) is 47.6 Å². The number of fused-ring (bicyclic) bond motifs is 1. The highest BCUT2D eigenvalue weighted by Crippen LogP contribution is 2.28. The Morgan fingerprint density at radius 3 is 2.72 bits per heavy atom. The molecule has 2 aliphatic rings. The van der Waals surface area contributed by atoms with Crippen molar-refractivity contribution in [1.29, 1.82) is 0 Å². The summed E-state index contributed by atoms with van der Waals surface area (Å²) in [6, 6.07) is 8.88. The van der Waals surface area contributed by atoms with Crippen LogP contribution in [0.25, 0.3) is 0 Å². The zero-order chi connectivity index (χ0) is 22.6. The zero-order valence-electron chi connectivity index (χ0n) is 18.6. The maximum atomic E-state index is 12.9. The summed E-state index contributed by atoms with van der Waals surface area (Å²) < 4.78 is 27.5. The van der Waals surface area contributed by atoms with E-state index in [0.717, 1.165) is 48.9 Å². The molecule has 1 atom stereocenters. The van der Waals surface area contributed by atoms with E-state index in [9.17, 15) is 13.2 Å². The Labute approximate surface area is 190 Å². The van der Waals surface area contributed by atoms with Crippen molar-refractivity contribution in [2.45, 2.75) is 56.4 Å². The number of unbranched alkanes of at least 4 members (excludes halogenated alkanes) is 1. The SMILES string of the molecule is Cc1ccccc1S(=O)(=O)N1CCC(CCCCNC(=O)C2Cc3cnccc3N2)CC1. The quantitative estimate of drug-likeness (QED) is 0.596. The fraction of sp³-hybridized carbons (Fsp3) is 0.500. The Kier molecular flexibility index (Phi) is 7.10. The van der Waals surface area contributed by atoms with Gasteiger partial charge in [-0.15, -0.1) is 0 Å². The van der Waals surface area contributed by atoms with Crippen LogP contribution in [0.2, 0.25) is 0 Å². The fourth-order valence-corrected chi connectivity index (χ4v) is 6.36. The van der Waals surface area contributed by atoms with Crippen LogP contribution in [0.4, 0.5) is 5.69 Å². The Morgan fingerprint density at radius 2 is 1.97 bits per heavy atom. The number of nitrogens with one attached hydrogen (secondary N) is 2. The van der Waals surface area contributed by atoms with Gasteiger partial charge in [-0.3, -0.25) is 9.78 Å². The molecule has 1 unspecified atom stereocenters. The first kappa shape index (κ1) is 22.7. The molecule has 1 aromatic heterocycles. The summed E-state index contributed by atoms with van der Waals surface area (Å²) in [6.45, 7) is 3.69. The normalized spacial score (nSPS) is 19.3. The number of amides is 1. The van der Waals surface area contributed by atoms with Crippen LogP contribution in [-0.2, 0) is 21.2 Å². The molecule has 2 aromatic rings. The van der Waals surface area contributed by atoms with Crippen LogP contribution in [0.1, 0.15) is 43.2 Å². The van der Waals surface area contributed by atoms with Crippen molar-refractivity contribution in [2.24, 2.45) is 5.92 Å². The van der Waals surface area contributed by atoms with Gasteiger partial charge in [0.05, 0.1) is 4.90 Å². The highest BCUT2D eigenvalue weighted by atomic mass is 32.2. The fourth-order valence-electron chi connectivity index (χ4n) is 4.66. The molecule has 0 spiro atoms. The van der Waals surface area contributed by atoms with Gasteiger partial charge in [0.25, 0.3) is 0 Å². The van der Waals surface area contributed by atoms with Crippen LogP contribution in [0, 0.1) is 12.8 Å². The molecule has 2 N–H and O–H groups in total. The monoisotopic (exact) mass is 456 g/mol. The number of sulfonamides is 1. The molecule has 1 fully saturated rings. The minimum Gasteiger partial charge on any atom is -0.373 e. The second-order valence-corrected chi connectivity index (χ2v) is 10.7. The number of benzene rings is 1. The molecule has 3 heterocycles. The lowest BCUT2D eigenvalue weighted by Gasteiger charge is -2.31. The predicted molar refractivity (Wildman–Crippen MR) is 125 cm³/mol. The van der Waals surface area contributed by atoms with Gasteiger partial charge in [-0.25, -0.2) is 8.42 Å². The second-order valence-electron chi connectivity index (χ2n) is 8.83. The Morgan fingerprint density at radius 1 is 1.19 bits per heavy atom. The van der Waals surface area contributed by atoms with Gasteiger partial charge >= 0.3 is 0 Å². The summed E-state index contributed by atoms with van der Waals surface area (Å²) >= 11 is 0. The van der Waals surface area contributed by atoms with Gasteiger partial charge in [-0.05, 0) is 55.4 Å². The van der Waals surface area contributed by atoms with Crippen molar-refractivity contribution in [3.05, 3.63) is 53.9 Å². The molecule has 1 amide bonds. The third-order valence-corrected chi connectivity index (χ3v) is 8.66. The Bertz CT molecular complexity index is 1020. The lowest BCUT2D eigenvalue weighted by Crippen LogP contribution is -2.39. The summed E-state index contributed by atoms with van der Waals surface area (Å²) in [4.78, 5) is 16.9. The molecule has 1 aromatic carbocycles. The Hall–Kier alpha value is -2.45. The minimum atomic E-state index is -3.41. The molecule has 0 radical (unpaired) electrons. The van der Waals surface area contributed by atoms with Crippen molar-refractivity contribution in [3.63, 3.8) is 0 Å². The number of pyridine rings is 1. The number of hydrogen-bond donors (Lipinski definition) is 2. The third kappa shape index (κ3) is 5.13. The average molecular weight is 457 g/mol. The molecular weight excluding hydrogens is 424 g/mol. The predicted octanol–water partition coefficient (Wildman–Crippen LogP) is 3.11. The van der Waals surface area contributed by atoms with E-state index in [4.69, 9.17) is 0 Å². The van der Waals surface area contributed by atoms with Crippen molar-refractivity contribution in [1.82, 2.24) is 14.6 Å². The summed E-state index contributed by atoms with van der Waals surface area (Å²) in [5.41, 5.74) is 2.88. The number of piperidine rings is 1. The molecule has 8 heteroatoms. The first-order valence-corrected chi connectivity index (χ1v) is 12.9. The number of carbonyl (C=O) groups is 1. The zero-order valence-corrected chi connectivity index (χ0v) is 19.4. The van der Waals surface area contributed by atoms with Crippen LogP contribution >= 0.6 is 0 Å². The van der Waals surface area contributed by atoms with E-state index in [2.05, 4.69) is 15.6 Å². The molecule has 4 rings (SSSR count).